The molecule has 0 aromatic rings. The van der Waals surface area contributed by atoms with Crippen LogP contribution in [0.25, 0.3) is 0 Å². The van der Waals surface area contributed by atoms with Crippen LogP contribution < -0.4 is 0 Å². The molecule has 0 bridgehead atoms. The third-order valence-electron chi connectivity index (χ3n) is 18.9. The third-order valence-corrected chi connectivity index (χ3v) is 18.9. The van der Waals surface area contributed by atoms with Gasteiger partial charge in [0.2, 0.25) is 0 Å². The number of fused-ring (bicyclic) bond motifs is 5. The second kappa shape index (κ2) is 30.3. The number of hydrogen-bond donors (Lipinski definition) is 0. The predicted octanol–water partition coefficient (Wildman–Crippen LogP) is 15.6. The molecule has 5 fully saturated rings. The lowest BCUT2D eigenvalue weighted by Crippen LogP contribution is -2.51. The van der Waals surface area contributed by atoms with Crippen molar-refractivity contribution in [3.05, 3.63) is 36.0 Å². The molecule has 6 aliphatic rings. The van der Waals surface area contributed by atoms with Crippen LogP contribution in [-0.4, -0.2) is 92.7 Å². The number of carbonyl (C=O) groups is 2. The van der Waals surface area contributed by atoms with Crippen LogP contribution in [0.3, 0.4) is 0 Å². The highest BCUT2D eigenvalue weighted by Crippen LogP contribution is 2.67. The van der Waals surface area contributed by atoms with Crippen molar-refractivity contribution < 1.29 is 28.5 Å². The lowest BCUT2D eigenvalue weighted by molar-refractivity contribution is -0.149. The minimum absolute atomic E-state index is 0.0125. The van der Waals surface area contributed by atoms with Crippen LogP contribution in [0.1, 0.15) is 228 Å². The maximum Gasteiger partial charge on any atom is 0.410 e. The number of piperidine rings is 1. The number of nitrogens with zero attached hydrogens (tertiary/aromatic N) is 2. The SMILES string of the molecule is CCCCC/C=C\C/C=C\CCCCCCCCOCC(CN1CCCCC1)OCCCOC(=O)[C@@H]1CCCN1C(=O)O[C@H]1CC[C@@]2(C)C(=CCC3C2CC[C@@]2(C)C3CC[C@@H]2[C@H](C)CCCC(C)C)C1. The molecule has 0 spiro atoms. The summed E-state index contributed by atoms with van der Waals surface area (Å²) in [6.45, 7) is 20.7. The summed E-state index contributed by atoms with van der Waals surface area (Å²) in [6, 6.07) is -0.568. The number of likely N-dealkylation sites (tertiary alicyclic amines) is 2. The maximum atomic E-state index is 13.8. The zero-order valence-electron chi connectivity index (χ0n) is 46.1. The second-order valence-electron chi connectivity index (χ2n) is 24.4. The largest absolute Gasteiger partial charge is 0.464 e. The topological polar surface area (TPSA) is 77.5 Å². The fraction of sp³-hybridized carbons (Fsp3) is 0.871. The van der Waals surface area contributed by atoms with Crippen molar-refractivity contribution in [1.82, 2.24) is 9.80 Å². The molecule has 1 amide bonds. The summed E-state index contributed by atoms with van der Waals surface area (Å²) >= 11 is 0. The molecule has 2 saturated heterocycles. The lowest BCUT2D eigenvalue weighted by atomic mass is 9.47. The fourth-order valence-electron chi connectivity index (χ4n) is 14.8. The van der Waals surface area contributed by atoms with Gasteiger partial charge in [0.1, 0.15) is 12.1 Å². The first-order valence-corrected chi connectivity index (χ1v) is 30.1. The smallest absolute Gasteiger partial charge is 0.410 e. The molecule has 0 radical (unpaired) electrons. The molecular weight excluding hydrogens is 869 g/mol. The van der Waals surface area contributed by atoms with Gasteiger partial charge >= 0.3 is 12.1 Å². The Morgan fingerprint density at radius 1 is 0.743 bits per heavy atom. The summed E-state index contributed by atoms with van der Waals surface area (Å²) in [7, 11) is 0. The summed E-state index contributed by atoms with van der Waals surface area (Å²) in [6.07, 6.45) is 46.0. The number of allylic oxidation sites excluding steroid dienone is 5. The summed E-state index contributed by atoms with van der Waals surface area (Å²) in [4.78, 5) is 31.4. The monoisotopic (exact) mass is 975 g/mol. The fourth-order valence-corrected chi connectivity index (χ4v) is 14.8. The van der Waals surface area contributed by atoms with E-state index in [1.54, 1.807) is 4.90 Å². The Bertz CT molecular complexity index is 1600. The van der Waals surface area contributed by atoms with Crippen molar-refractivity contribution in [2.45, 2.75) is 246 Å². The van der Waals surface area contributed by atoms with Gasteiger partial charge in [-0.05, 0) is 169 Å². The Kier molecular flexibility index (Phi) is 24.7. The molecule has 400 valence electrons. The van der Waals surface area contributed by atoms with Crippen molar-refractivity contribution >= 4 is 12.1 Å². The molecule has 4 unspecified atom stereocenters. The van der Waals surface area contributed by atoms with Crippen LogP contribution in [0.15, 0.2) is 36.0 Å². The van der Waals surface area contributed by atoms with E-state index in [1.165, 1.54) is 140 Å². The Balaban J connectivity index is 0.852. The Morgan fingerprint density at radius 3 is 2.27 bits per heavy atom. The van der Waals surface area contributed by atoms with Gasteiger partial charge in [0, 0.05) is 32.5 Å². The van der Waals surface area contributed by atoms with Gasteiger partial charge in [0.15, 0.2) is 0 Å². The van der Waals surface area contributed by atoms with E-state index in [0.717, 1.165) is 100 Å². The van der Waals surface area contributed by atoms with E-state index < -0.39 is 6.04 Å². The van der Waals surface area contributed by atoms with E-state index in [9.17, 15) is 9.59 Å². The van der Waals surface area contributed by atoms with Crippen LogP contribution in [0.2, 0.25) is 0 Å². The van der Waals surface area contributed by atoms with E-state index >= 15 is 0 Å². The number of unbranched alkanes of at least 4 members (excludes halogenated alkanes) is 9. The van der Waals surface area contributed by atoms with E-state index in [1.807, 2.05) is 0 Å². The highest BCUT2D eigenvalue weighted by atomic mass is 16.6. The van der Waals surface area contributed by atoms with Gasteiger partial charge in [0.25, 0.3) is 0 Å². The summed E-state index contributed by atoms with van der Waals surface area (Å²) in [5.74, 6) is 4.57. The summed E-state index contributed by atoms with van der Waals surface area (Å²) < 4.78 is 24.7. The van der Waals surface area contributed by atoms with E-state index in [0.29, 0.717) is 38.0 Å². The standard InChI is InChI=1S/C62H106N2O6/c1-7-8-9-10-11-12-13-14-15-16-17-18-19-20-21-25-43-67-48-53(47-63-40-23-22-24-41-63)68-44-28-45-69-59(65)58-31-27-42-64(58)60(66)70-52-36-38-61(5)51(46-52)32-33-54-56-35-34-55(50(4)30-26-29-49(2)3)62(56,6)39-37-57(54)61/h11-12,14-15,32,49-50,52-58H,7-10,13,16-31,33-48H2,1-6H3/b12-11-,15-14-/t50-,52+,53?,54?,55-,56?,57?,58+,61+,62-/m1/s1. The van der Waals surface area contributed by atoms with Gasteiger partial charge in [0.05, 0.1) is 25.9 Å². The van der Waals surface area contributed by atoms with E-state index in [4.69, 9.17) is 18.9 Å². The summed E-state index contributed by atoms with van der Waals surface area (Å²) in [5.41, 5.74) is 2.23. The quantitative estimate of drug-likeness (QED) is 0.0389. The average molecular weight is 976 g/mol. The van der Waals surface area contributed by atoms with Gasteiger partial charge in [-0.25, -0.2) is 9.59 Å². The number of rotatable bonds is 31. The van der Waals surface area contributed by atoms with Crippen molar-refractivity contribution in [3.8, 4) is 0 Å². The number of carbonyl (C=O) groups excluding carboxylic acids is 2. The van der Waals surface area contributed by atoms with Gasteiger partial charge in [-0.2, -0.15) is 0 Å². The molecule has 4 aliphatic carbocycles. The molecule has 2 heterocycles. The van der Waals surface area contributed by atoms with E-state index in [2.05, 4.69) is 76.8 Å². The third kappa shape index (κ3) is 16.9. The average Bonchev–Trinajstić information content (AvgIpc) is 3.99. The minimum atomic E-state index is -0.568. The molecule has 3 saturated carbocycles. The second-order valence-corrected chi connectivity index (χ2v) is 24.4. The molecule has 2 aliphatic heterocycles. The number of hydrogen-bond acceptors (Lipinski definition) is 7. The zero-order chi connectivity index (χ0) is 49.6. The molecule has 0 N–H and O–H groups in total. The van der Waals surface area contributed by atoms with Crippen molar-refractivity contribution in [2.24, 2.45) is 46.3 Å². The Hall–Kier alpha value is -2.16. The first-order chi connectivity index (χ1) is 34.0. The minimum Gasteiger partial charge on any atom is -0.464 e. The maximum absolute atomic E-state index is 13.8. The van der Waals surface area contributed by atoms with Gasteiger partial charge in [-0.3, -0.25) is 4.90 Å². The first kappa shape index (κ1) is 57.1. The molecule has 8 nitrogen and oxygen atoms in total. The Labute approximate surface area is 429 Å². The molecule has 0 aromatic heterocycles. The van der Waals surface area contributed by atoms with Crippen LogP contribution in [-0.2, 0) is 23.7 Å². The van der Waals surface area contributed by atoms with Crippen molar-refractivity contribution in [3.63, 3.8) is 0 Å². The van der Waals surface area contributed by atoms with Gasteiger partial charge in [-0.1, -0.05) is 142 Å². The van der Waals surface area contributed by atoms with Crippen LogP contribution >= 0.6 is 0 Å². The number of amides is 1. The number of ether oxygens (including phenoxy) is 4. The molecule has 10 atom stereocenters. The zero-order valence-corrected chi connectivity index (χ0v) is 46.1. The van der Waals surface area contributed by atoms with E-state index in [-0.39, 0.29) is 36.3 Å². The van der Waals surface area contributed by atoms with Crippen LogP contribution in [0.5, 0.6) is 0 Å². The lowest BCUT2D eigenvalue weighted by Gasteiger charge is -2.58. The molecular formula is C62H106N2O6. The highest BCUT2D eigenvalue weighted by molar-refractivity contribution is 5.82. The molecule has 0 aromatic carbocycles. The normalized spacial score (nSPS) is 30.1. The van der Waals surface area contributed by atoms with Gasteiger partial charge < -0.3 is 23.8 Å². The predicted molar refractivity (Wildman–Crippen MR) is 289 cm³/mol. The van der Waals surface area contributed by atoms with Crippen LogP contribution in [0.4, 0.5) is 4.79 Å². The van der Waals surface area contributed by atoms with Gasteiger partial charge in [-0.15, -0.1) is 0 Å². The first-order valence-electron chi connectivity index (χ1n) is 30.1. The highest BCUT2D eigenvalue weighted by Gasteiger charge is 2.59. The number of esters is 1. The van der Waals surface area contributed by atoms with Crippen molar-refractivity contribution in [2.75, 3.05) is 52.6 Å². The molecule has 8 heteroatoms. The molecule has 70 heavy (non-hydrogen) atoms. The molecule has 6 rings (SSSR count). The van der Waals surface area contributed by atoms with Crippen LogP contribution in [0, 0.1) is 46.3 Å². The summed E-state index contributed by atoms with van der Waals surface area (Å²) in [5, 5.41) is 0. The van der Waals surface area contributed by atoms with Crippen molar-refractivity contribution in [1.29, 1.82) is 0 Å². The Morgan fingerprint density at radius 2 is 1.50 bits per heavy atom.